The molecule has 1 amide bonds. The first-order valence-electron chi connectivity index (χ1n) is 12.0. The quantitative estimate of drug-likeness (QED) is 0.381. The van der Waals surface area contributed by atoms with Crippen LogP contribution < -0.4 is 9.62 Å². The number of fused-ring (bicyclic) bond motifs is 1. The average molecular weight is 539 g/mol. The van der Waals surface area contributed by atoms with Crippen molar-refractivity contribution in [2.24, 2.45) is 0 Å². The third-order valence-electron chi connectivity index (χ3n) is 6.59. The first-order valence-corrected chi connectivity index (χ1v) is 13.8. The molecule has 1 aliphatic rings. The van der Waals surface area contributed by atoms with E-state index < -0.39 is 10.0 Å². The molecule has 2 aromatic carbocycles. The van der Waals surface area contributed by atoms with E-state index in [1.807, 2.05) is 46.9 Å². The molecule has 9 nitrogen and oxygen atoms in total. The molecule has 0 bridgehead atoms. The Hall–Kier alpha value is -3.63. The molecule has 1 atom stereocenters. The monoisotopic (exact) mass is 538 g/mol. The van der Waals surface area contributed by atoms with Crippen LogP contribution in [0.1, 0.15) is 13.3 Å². The van der Waals surface area contributed by atoms with Gasteiger partial charge in [-0.2, -0.15) is 0 Å². The van der Waals surface area contributed by atoms with Crippen LogP contribution in [-0.2, 0) is 21.4 Å². The van der Waals surface area contributed by atoms with Crippen LogP contribution in [0.4, 0.5) is 11.5 Å². The zero-order valence-electron chi connectivity index (χ0n) is 20.3. The fourth-order valence-electron chi connectivity index (χ4n) is 4.71. The number of anilines is 2. The van der Waals surface area contributed by atoms with E-state index in [4.69, 9.17) is 11.6 Å². The van der Waals surface area contributed by atoms with E-state index in [-0.39, 0.29) is 22.7 Å². The highest BCUT2D eigenvalue weighted by Gasteiger charge is 2.27. The van der Waals surface area contributed by atoms with Gasteiger partial charge in [0.15, 0.2) is 0 Å². The smallest absolute Gasteiger partial charge is 0.263 e. The van der Waals surface area contributed by atoms with Gasteiger partial charge >= 0.3 is 0 Å². The van der Waals surface area contributed by atoms with Crippen molar-refractivity contribution in [1.29, 1.82) is 0 Å². The first-order chi connectivity index (χ1) is 17.8. The predicted molar refractivity (Wildman–Crippen MR) is 144 cm³/mol. The number of hydrogen-bond donors (Lipinski definition) is 1. The molecule has 0 aliphatic carbocycles. The first kappa shape index (κ1) is 25.0. The number of nitrogens with zero attached hydrogens (tertiary/aromatic N) is 5. The van der Waals surface area contributed by atoms with Crippen LogP contribution >= 0.6 is 11.6 Å². The van der Waals surface area contributed by atoms with Gasteiger partial charge in [-0.05, 0) is 49.4 Å². The summed E-state index contributed by atoms with van der Waals surface area (Å²) in [5, 5.41) is 1.74. The number of nitrogens with one attached hydrogen (secondary N) is 1. The van der Waals surface area contributed by atoms with Gasteiger partial charge in [0.05, 0.1) is 15.4 Å². The lowest BCUT2D eigenvalue weighted by Gasteiger charge is -2.41. The second-order valence-electron chi connectivity index (χ2n) is 9.01. The van der Waals surface area contributed by atoms with Crippen LogP contribution in [0.2, 0.25) is 5.02 Å². The van der Waals surface area contributed by atoms with Gasteiger partial charge in [0.1, 0.15) is 12.1 Å². The van der Waals surface area contributed by atoms with Crippen molar-refractivity contribution in [3.8, 4) is 0 Å². The third-order valence-corrected chi connectivity index (χ3v) is 8.26. The molecule has 1 fully saturated rings. The summed E-state index contributed by atoms with van der Waals surface area (Å²) in [6, 6.07) is 16.1. The van der Waals surface area contributed by atoms with Gasteiger partial charge in [-0.15, -0.1) is 0 Å². The molecule has 1 aliphatic heterocycles. The molecular formula is C26H27ClN6O3S. The predicted octanol–water partition coefficient (Wildman–Crippen LogP) is 4.01. The van der Waals surface area contributed by atoms with Crippen molar-refractivity contribution in [2.75, 3.05) is 29.3 Å². The van der Waals surface area contributed by atoms with Crippen LogP contribution in [0.5, 0.6) is 0 Å². The molecule has 5 rings (SSSR count). The number of aromatic nitrogens is 3. The maximum Gasteiger partial charge on any atom is 0.263 e. The molecule has 0 unspecified atom stereocenters. The lowest BCUT2D eigenvalue weighted by Crippen LogP contribution is -2.54. The lowest BCUT2D eigenvalue weighted by atomic mass is 10.1. The number of aryl methyl sites for hydroxylation is 1. The fourth-order valence-corrected chi connectivity index (χ4v) is 6.01. The van der Waals surface area contributed by atoms with Crippen molar-refractivity contribution in [2.45, 2.75) is 30.8 Å². The number of rotatable bonds is 7. The Morgan fingerprint density at radius 3 is 2.65 bits per heavy atom. The van der Waals surface area contributed by atoms with Crippen LogP contribution in [0, 0.1) is 0 Å². The molecule has 1 saturated heterocycles. The Morgan fingerprint density at radius 2 is 1.92 bits per heavy atom. The summed E-state index contributed by atoms with van der Waals surface area (Å²) in [5.41, 5.74) is 1.86. The van der Waals surface area contributed by atoms with Crippen LogP contribution in [0.3, 0.4) is 0 Å². The lowest BCUT2D eigenvalue weighted by molar-refractivity contribution is -0.133. The van der Waals surface area contributed by atoms with Gasteiger partial charge < -0.3 is 14.4 Å². The van der Waals surface area contributed by atoms with Crippen molar-refractivity contribution >= 4 is 49.9 Å². The minimum Gasteiger partial charge on any atom is -0.368 e. The van der Waals surface area contributed by atoms with Gasteiger partial charge in [0, 0.05) is 62.1 Å². The number of hydrogen-bond acceptors (Lipinski definition) is 6. The Bertz CT molecular complexity index is 1510. The van der Waals surface area contributed by atoms with E-state index in [1.165, 1.54) is 18.6 Å². The summed E-state index contributed by atoms with van der Waals surface area (Å²) >= 11 is 6.37. The molecular weight excluding hydrogens is 512 g/mol. The van der Waals surface area contributed by atoms with Crippen molar-refractivity contribution in [1.82, 2.24) is 19.4 Å². The van der Waals surface area contributed by atoms with Crippen molar-refractivity contribution in [3.63, 3.8) is 0 Å². The highest BCUT2D eigenvalue weighted by Crippen LogP contribution is 2.26. The molecule has 4 aromatic rings. The normalized spacial score (nSPS) is 16.2. The van der Waals surface area contributed by atoms with Crippen molar-refractivity contribution < 1.29 is 13.2 Å². The summed E-state index contributed by atoms with van der Waals surface area (Å²) in [6.45, 7) is 4.53. The maximum atomic E-state index is 13.1. The van der Waals surface area contributed by atoms with Crippen LogP contribution in [-0.4, -0.2) is 59.4 Å². The zero-order chi connectivity index (χ0) is 26.0. The zero-order valence-corrected chi connectivity index (χ0v) is 21.9. The number of sulfonamides is 1. The average Bonchev–Trinajstić information content (AvgIpc) is 3.32. The number of carbonyl (C=O) groups excluding carboxylic acids is 1. The minimum absolute atomic E-state index is 0.0223. The molecule has 37 heavy (non-hydrogen) atoms. The van der Waals surface area contributed by atoms with E-state index in [0.29, 0.717) is 37.6 Å². The Kier molecular flexibility index (Phi) is 7.03. The van der Waals surface area contributed by atoms with Crippen LogP contribution in [0.25, 0.3) is 10.9 Å². The highest BCUT2D eigenvalue weighted by atomic mass is 35.5. The van der Waals surface area contributed by atoms with Crippen LogP contribution in [0.15, 0.2) is 78.2 Å². The SMILES string of the molecule is C[C@H]1CN(c2ccc(S(=O)(=O)Nc3ccncn3)cc2)CCN1C(=O)CCn1ccc2cccc(Cl)c21. The highest BCUT2D eigenvalue weighted by molar-refractivity contribution is 7.92. The van der Waals surface area contributed by atoms with E-state index >= 15 is 0 Å². The van der Waals surface area contributed by atoms with Gasteiger partial charge in [0.25, 0.3) is 10.0 Å². The Labute approximate surface area is 220 Å². The van der Waals surface area contributed by atoms with Crippen molar-refractivity contribution in [3.05, 3.63) is 78.3 Å². The molecule has 0 saturated carbocycles. The van der Waals surface area contributed by atoms with Gasteiger partial charge in [-0.25, -0.2) is 18.4 Å². The number of para-hydroxylation sites is 1. The second-order valence-corrected chi connectivity index (χ2v) is 11.1. The number of amides is 1. The van der Waals surface area contributed by atoms with E-state index in [0.717, 1.165) is 16.6 Å². The number of benzene rings is 2. The van der Waals surface area contributed by atoms with Gasteiger partial charge in [-0.3, -0.25) is 9.52 Å². The maximum absolute atomic E-state index is 13.1. The standard InChI is InChI=1S/C26H27ClN6O3S/c1-19-17-32(21-5-7-22(8-6-21)37(35,36)30-24-9-12-28-18-29-24)15-16-33(19)25(34)11-14-31-13-10-20-3-2-4-23(27)26(20)31/h2-10,12-13,18-19H,11,14-17H2,1H3,(H,28,29,30)/t19-/m0/s1. The van der Waals surface area contributed by atoms with E-state index in [2.05, 4.69) is 19.6 Å². The molecule has 3 heterocycles. The summed E-state index contributed by atoms with van der Waals surface area (Å²) in [6.07, 6.45) is 5.12. The molecule has 0 radical (unpaired) electrons. The number of halogens is 1. The summed E-state index contributed by atoms with van der Waals surface area (Å²) in [7, 11) is -3.76. The fraction of sp³-hybridized carbons (Fsp3) is 0.269. The molecule has 192 valence electrons. The largest absolute Gasteiger partial charge is 0.368 e. The second kappa shape index (κ2) is 10.4. The molecule has 0 spiro atoms. The molecule has 2 aromatic heterocycles. The molecule has 11 heteroatoms. The topological polar surface area (TPSA) is 100 Å². The summed E-state index contributed by atoms with van der Waals surface area (Å²) < 4.78 is 29.8. The van der Waals surface area contributed by atoms with E-state index in [9.17, 15) is 13.2 Å². The number of carbonyl (C=O) groups is 1. The van der Waals surface area contributed by atoms with Gasteiger partial charge in [0.2, 0.25) is 5.91 Å². The Morgan fingerprint density at radius 1 is 1.11 bits per heavy atom. The summed E-state index contributed by atoms with van der Waals surface area (Å²) in [5.74, 6) is 0.319. The third kappa shape index (κ3) is 5.40. The molecule has 1 N–H and O–H groups in total. The summed E-state index contributed by atoms with van der Waals surface area (Å²) in [4.78, 5) is 25.0. The van der Waals surface area contributed by atoms with E-state index in [1.54, 1.807) is 24.3 Å². The van der Waals surface area contributed by atoms with Gasteiger partial charge in [-0.1, -0.05) is 23.7 Å². The Balaban J connectivity index is 1.19. The minimum atomic E-state index is -3.76. The number of piperazine rings is 1.